The fourth-order valence-electron chi connectivity index (χ4n) is 4.80. The quantitative estimate of drug-likeness (QED) is 0.296. The molecule has 0 radical (unpaired) electrons. The third kappa shape index (κ3) is 5.31. The molecular weight excluding hydrogens is 495 g/mol. The summed E-state index contributed by atoms with van der Waals surface area (Å²) < 4.78 is 0. The summed E-state index contributed by atoms with van der Waals surface area (Å²) in [5, 5.41) is 1.42. The highest BCUT2D eigenvalue weighted by Gasteiger charge is 2.19. The third-order valence-corrected chi connectivity index (χ3v) is 10.3. The van der Waals surface area contributed by atoms with Crippen LogP contribution in [0.2, 0.25) is 0 Å². The van der Waals surface area contributed by atoms with Crippen molar-refractivity contribution < 1.29 is 0 Å². The smallest absolute Gasteiger partial charge is 0.0915 e. The zero-order chi connectivity index (χ0) is 24.2. The fourth-order valence-corrected chi connectivity index (χ4v) is 8.01. The Hall–Kier alpha value is -2.79. The van der Waals surface area contributed by atoms with Crippen LogP contribution in [0, 0.1) is 0 Å². The van der Waals surface area contributed by atoms with Crippen molar-refractivity contribution >= 4 is 50.4 Å². The van der Waals surface area contributed by atoms with Gasteiger partial charge in [-0.05, 0) is 84.9 Å². The van der Waals surface area contributed by atoms with Crippen molar-refractivity contribution in [2.75, 3.05) is 18.0 Å². The normalized spacial score (nSPS) is 18.2. The van der Waals surface area contributed by atoms with E-state index in [9.17, 15) is 0 Å². The molecule has 3 aromatic rings. The summed E-state index contributed by atoms with van der Waals surface area (Å²) in [5.41, 5.74) is 4.01. The molecule has 4 heteroatoms. The number of hydrogen-bond donors (Lipinski definition) is 0. The Morgan fingerprint density at radius 2 is 1.56 bits per heavy atom. The van der Waals surface area contributed by atoms with Crippen LogP contribution < -0.4 is 4.90 Å². The molecule has 0 atom stereocenters. The van der Waals surface area contributed by atoms with Gasteiger partial charge >= 0.3 is 0 Å². The van der Waals surface area contributed by atoms with Gasteiger partial charge in [0.25, 0.3) is 0 Å². The molecule has 36 heavy (non-hydrogen) atoms. The molecule has 0 N–H and O–H groups in total. The Balaban J connectivity index is 1.17. The van der Waals surface area contributed by atoms with E-state index in [1.54, 1.807) is 0 Å². The summed E-state index contributed by atoms with van der Waals surface area (Å²) in [4.78, 5) is 9.26. The van der Waals surface area contributed by atoms with E-state index in [-0.39, 0.29) is 0 Å². The zero-order valence-electron chi connectivity index (χ0n) is 20.2. The molecule has 1 fully saturated rings. The monoisotopic (exact) mass is 523 g/mol. The molecule has 0 spiro atoms. The van der Waals surface area contributed by atoms with Gasteiger partial charge in [0.2, 0.25) is 0 Å². The molecule has 3 aliphatic rings. The predicted octanol–water partition coefficient (Wildman–Crippen LogP) is 9.96. The number of rotatable bonds is 6. The topological polar surface area (TPSA) is 3.24 Å². The molecule has 1 saturated heterocycles. The first-order valence-electron chi connectivity index (χ1n) is 12.7. The van der Waals surface area contributed by atoms with E-state index in [1.807, 2.05) is 34.4 Å². The van der Waals surface area contributed by atoms with Crippen molar-refractivity contribution in [1.82, 2.24) is 0 Å². The van der Waals surface area contributed by atoms with Crippen molar-refractivity contribution in [3.63, 3.8) is 0 Å². The molecule has 2 aromatic heterocycles. The number of anilines is 1. The minimum absolute atomic E-state index is 0.995. The van der Waals surface area contributed by atoms with Crippen LogP contribution in [-0.4, -0.2) is 13.1 Å². The van der Waals surface area contributed by atoms with Gasteiger partial charge in [-0.3, -0.25) is 0 Å². The van der Waals surface area contributed by atoms with Crippen molar-refractivity contribution in [1.29, 1.82) is 0 Å². The second-order valence-electron chi connectivity index (χ2n) is 9.18. The van der Waals surface area contributed by atoms with Crippen molar-refractivity contribution in [2.45, 2.75) is 25.7 Å². The Labute approximate surface area is 226 Å². The van der Waals surface area contributed by atoms with Crippen LogP contribution in [0.15, 0.2) is 113 Å². The van der Waals surface area contributed by atoms with E-state index in [2.05, 4.69) is 108 Å². The number of allylic oxidation sites excluding steroid dienone is 9. The van der Waals surface area contributed by atoms with E-state index in [0.717, 1.165) is 6.42 Å². The first-order chi connectivity index (χ1) is 17.8. The summed E-state index contributed by atoms with van der Waals surface area (Å²) in [7, 11) is 0. The second-order valence-corrected chi connectivity index (χ2v) is 12.4. The molecule has 1 aromatic carbocycles. The van der Waals surface area contributed by atoms with Gasteiger partial charge in [-0.2, -0.15) is 0 Å². The molecule has 0 saturated carbocycles. The highest BCUT2D eigenvalue weighted by molar-refractivity contribution is 8.12. The van der Waals surface area contributed by atoms with Crippen molar-refractivity contribution in [2.24, 2.45) is 0 Å². The van der Waals surface area contributed by atoms with Gasteiger partial charge in [-0.1, -0.05) is 72.5 Å². The number of hydrogen-bond acceptors (Lipinski definition) is 4. The number of fused-ring (bicyclic) bond motifs is 1. The molecule has 0 unspecified atom stereocenters. The summed E-state index contributed by atoms with van der Waals surface area (Å²) in [6, 6.07) is 19.8. The van der Waals surface area contributed by atoms with Crippen LogP contribution in [-0.2, 0) is 0 Å². The number of nitrogens with zero attached hydrogens (tertiary/aromatic N) is 1. The van der Waals surface area contributed by atoms with Gasteiger partial charge in [0.1, 0.15) is 0 Å². The van der Waals surface area contributed by atoms with Crippen LogP contribution in [0.3, 0.4) is 0 Å². The average Bonchev–Trinajstić information content (AvgIpc) is 3.62. The van der Waals surface area contributed by atoms with Gasteiger partial charge in [0.05, 0.1) is 5.00 Å². The van der Waals surface area contributed by atoms with E-state index >= 15 is 0 Å². The Morgan fingerprint density at radius 1 is 0.750 bits per heavy atom. The molecule has 1 aliphatic carbocycles. The summed E-state index contributed by atoms with van der Waals surface area (Å²) in [5.74, 6) is 0. The lowest BCUT2D eigenvalue weighted by Crippen LogP contribution is -2.28. The maximum atomic E-state index is 2.55. The summed E-state index contributed by atoms with van der Waals surface area (Å²) >= 11 is 5.69. The van der Waals surface area contributed by atoms with E-state index < -0.39 is 0 Å². The first kappa shape index (κ1) is 23.6. The third-order valence-electron chi connectivity index (χ3n) is 6.69. The molecule has 180 valence electrons. The molecule has 1 nitrogen and oxygen atoms in total. The fraction of sp³-hybridized carbons (Fsp3) is 0.188. The van der Waals surface area contributed by atoms with Gasteiger partial charge < -0.3 is 4.90 Å². The SMILES string of the molecule is C1=CCC2=C(/C=C/C=C/c3ccc(-c4ccc(N5CCCCC5)s4)s3)C=C(c3ccccc3)SC2=C1. The van der Waals surface area contributed by atoms with Gasteiger partial charge in [0.15, 0.2) is 0 Å². The van der Waals surface area contributed by atoms with E-state index in [4.69, 9.17) is 0 Å². The molecule has 2 aliphatic heterocycles. The molecule has 0 amide bonds. The zero-order valence-corrected chi connectivity index (χ0v) is 22.7. The van der Waals surface area contributed by atoms with Crippen molar-refractivity contribution in [3.05, 3.63) is 124 Å². The Morgan fingerprint density at radius 3 is 2.44 bits per heavy atom. The van der Waals surface area contributed by atoms with Crippen LogP contribution in [0.5, 0.6) is 0 Å². The number of thiophene rings is 2. The van der Waals surface area contributed by atoms with E-state index in [1.165, 1.54) is 78.5 Å². The molecular formula is C32H29NS3. The molecule has 0 bridgehead atoms. The molecule has 6 rings (SSSR count). The first-order valence-corrected chi connectivity index (χ1v) is 15.1. The van der Waals surface area contributed by atoms with Crippen molar-refractivity contribution in [3.8, 4) is 9.75 Å². The predicted molar refractivity (Wildman–Crippen MR) is 163 cm³/mol. The average molecular weight is 524 g/mol. The standard InChI is InChI=1S/C32H29NS3/c1-3-11-24(12-4-1)31-23-25(27-15-7-8-16-28(27)35-31)13-5-6-14-26-17-18-29(34-26)30-19-20-32(36-30)33-21-9-2-10-22-33/h1,3-8,11-14,16-20,23H,2,9-10,15,21-22H2/b13-5+,14-6+. The van der Waals surface area contributed by atoms with Crippen LogP contribution in [0.1, 0.15) is 36.1 Å². The lowest BCUT2D eigenvalue weighted by atomic mass is 9.98. The lowest BCUT2D eigenvalue weighted by molar-refractivity contribution is 0.580. The Bertz CT molecular complexity index is 1400. The minimum Gasteiger partial charge on any atom is -0.363 e. The summed E-state index contributed by atoms with van der Waals surface area (Å²) in [6.07, 6.45) is 22.9. The maximum absolute atomic E-state index is 2.55. The lowest BCUT2D eigenvalue weighted by Gasteiger charge is -2.27. The van der Waals surface area contributed by atoms with E-state index in [0.29, 0.717) is 0 Å². The highest BCUT2D eigenvalue weighted by Crippen LogP contribution is 2.46. The van der Waals surface area contributed by atoms with Crippen LogP contribution in [0.4, 0.5) is 5.00 Å². The van der Waals surface area contributed by atoms with Gasteiger partial charge in [-0.15, -0.1) is 22.7 Å². The second kappa shape index (κ2) is 11.1. The van der Waals surface area contributed by atoms with Gasteiger partial charge in [-0.25, -0.2) is 0 Å². The van der Waals surface area contributed by atoms with Crippen LogP contribution in [0.25, 0.3) is 20.7 Å². The highest BCUT2D eigenvalue weighted by atomic mass is 32.2. The number of piperidine rings is 1. The maximum Gasteiger partial charge on any atom is 0.0915 e. The van der Waals surface area contributed by atoms with Crippen LogP contribution >= 0.6 is 34.4 Å². The number of thioether (sulfide) groups is 1. The summed E-state index contributed by atoms with van der Waals surface area (Å²) in [6.45, 7) is 2.41. The van der Waals surface area contributed by atoms with Gasteiger partial charge in [0, 0.05) is 37.5 Å². The largest absolute Gasteiger partial charge is 0.363 e. The Kier molecular flexibility index (Phi) is 7.26. The minimum atomic E-state index is 0.995. The number of benzene rings is 1. The molecule has 4 heterocycles.